The molecule has 8 nitrogen and oxygen atoms in total. The number of nitrogens with zero attached hydrogens (tertiary/aromatic N) is 4. The van der Waals surface area contributed by atoms with E-state index in [1.807, 2.05) is 54.2 Å². The van der Waals surface area contributed by atoms with E-state index in [1.165, 1.54) is 0 Å². The maximum atomic E-state index is 11.9. The SMILES string of the molecule is Cc1cc(NC2=CN(Sc3ccc(NC(=O)C4CC4)cc3)Cc3cncn32)n[nH]1. The summed E-state index contributed by atoms with van der Waals surface area (Å²) in [7, 11) is 0. The molecule has 1 aliphatic heterocycles. The zero-order valence-corrected chi connectivity index (χ0v) is 16.7. The third kappa shape index (κ3) is 4.00. The van der Waals surface area contributed by atoms with Gasteiger partial charge in [-0.2, -0.15) is 5.10 Å². The highest BCUT2D eigenvalue weighted by atomic mass is 32.2. The largest absolute Gasteiger partial charge is 0.326 e. The number of benzene rings is 1. The molecule has 0 spiro atoms. The van der Waals surface area contributed by atoms with Crippen molar-refractivity contribution in [3.05, 3.63) is 60.4 Å². The number of nitrogens with one attached hydrogen (secondary N) is 3. The quantitative estimate of drug-likeness (QED) is 0.540. The molecule has 0 unspecified atom stereocenters. The molecule has 3 aromatic rings. The Labute approximate surface area is 172 Å². The Hall–Kier alpha value is -3.20. The summed E-state index contributed by atoms with van der Waals surface area (Å²) in [6.07, 6.45) is 7.73. The predicted molar refractivity (Wildman–Crippen MR) is 113 cm³/mol. The minimum atomic E-state index is 0.127. The first kappa shape index (κ1) is 17.9. The molecule has 5 rings (SSSR count). The number of anilines is 2. The Bertz CT molecular complexity index is 1060. The minimum Gasteiger partial charge on any atom is -0.326 e. The van der Waals surface area contributed by atoms with Crippen molar-refractivity contribution in [2.75, 3.05) is 10.6 Å². The van der Waals surface area contributed by atoms with Crippen LogP contribution in [0, 0.1) is 12.8 Å². The number of aromatic amines is 1. The van der Waals surface area contributed by atoms with Crippen LogP contribution in [0.5, 0.6) is 0 Å². The number of H-pyrrole nitrogens is 1. The van der Waals surface area contributed by atoms with E-state index in [-0.39, 0.29) is 11.8 Å². The van der Waals surface area contributed by atoms with Crippen LogP contribution in [0.3, 0.4) is 0 Å². The van der Waals surface area contributed by atoms with Gasteiger partial charge in [0.25, 0.3) is 0 Å². The van der Waals surface area contributed by atoms with E-state index in [9.17, 15) is 4.79 Å². The number of aryl methyl sites for hydroxylation is 1. The lowest BCUT2D eigenvalue weighted by Crippen LogP contribution is -2.22. The van der Waals surface area contributed by atoms with Crippen LogP contribution in [0.4, 0.5) is 11.5 Å². The summed E-state index contributed by atoms with van der Waals surface area (Å²) in [6.45, 7) is 2.70. The molecule has 0 bridgehead atoms. The van der Waals surface area contributed by atoms with Gasteiger partial charge in [0.05, 0.1) is 24.6 Å². The maximum Gasteiger partial charge on any atom is 0.227 e. The molecule has 29 heavy (non-hydrogen) atoms. The zero-order chi connectivity index (χ0) is 19.8. The van der Waals surface area contributed by atoms with E-state index in [2.05, 4.69) is 30.1 Å². The standard InChI is InChI=1S/C20H21N7OS/c1-13-8-18(25-24-13)23-19-11-26(10-16-9-21-12-27(16)19)29-17-6-4-15(5-7-17)22-20(28)14-2-3-14/h4-9,11-12,14H,2-3,10H2,1H3,(H,22,28)(H2,23,24,25). The molecular formula is C20H21N7OS. The van der Waals surface area contributed by atoms with Crippen molar-refractivity contribution in [3.63, 3.8) is 0 Å². The van der Waals surface area contributed by atoms with Crippen LogP contribution in [0.2, 0.25) is 0 Å². The number of fused-ring (bicyclic) bond motifs is 1. The number of hydrogen-bond donors (Lipinski definition) is 3. The average molecular weight is 408 g/mol. The minimum absolute atomic E-state index is 0.127. The molecule has 0 atom stereocenters. The van der Waals surface area contributed by atoms with Gasteiger partial charge in [-0.05, 0) is 56.0 Å². The molecule has 0 radical (unpaired) electrons. The number of amides is 1. The molecule has 1 amide bonds. The predicted octanol–water partition coefficient (Wildman–Crippen LogP) is 3.65. The van der Waals surface area contributed by atoms with Crippen LogP contribution in [-0.4, -0.2) is 30.0 Å². The lowest BCUT2D eigenvalue weighted by molar-refractivity contribution is -0.117. The van der Waals surface area contributed by atoms with Crippen LogP contribution >= 0.6 is 11.9 Å². The van der Waals surface area contributed by atoms with Gasteiger partial charge in [-0.1, -0.05) is 0 Å². The molecule has 1 saturated carbocycles. The number of imidazole rings is 1. The normalized spacial score (nSPS) is 15.6. The lowest BCUT2D eigenvalue weighted by Gasteiger charge is -2.27. The van der Waals surface area contributed by atoms with Gasteiger partial charge in [0.1, 0.15) is 12.1 Å². The lowest BCUT2D eigenvalue weighted by atomic mass is 10.3. The second-order valence-corrected chi connectivity index (χ2v) is 8.41. The Morgan fingerprint density at radius 3 is 2.83 bits per heavy atom. The molecule has 0 saturated heterocycles. The Kier molecular flexibility index (Phi) is 4.51. The molecule has 9 heteroatoms. The van der Waals surface area contributed by atoms with Crippen LogP contribution in [0.15, 0.2) is 54.0 Å². The number of hydrogen-bond acceptors (Lipinski definition) is 6. The second kappa shape index (κ2) is 7.32. The van der Waals surface area contributed by atoms with Crippen molar-refractivity contribution in [2.24, 2.45) is 5.92 Å². The van der Waals surface area contributed by atoms with Crippen LogP contribution < -0.4 is 10.6 Å². The third-order valence-corrected chi connectivity index (χ3v) is 5.77. The monoisotopic (exact) mass is 407 g/mol. The number of aromatic nitrogens is 4. The van der Waals surface area contributed by atoms with Crippen molar-refractivity contribution >= 4 is 35.2 Å². The first-order valence-corrected chi connectivity index (χ1v) is 10.3. The van der Waals surface area contributed by atoms with Gasteiger partial charge in [0.2, 0.25) is 5.91 Å². The van der Waals surface area contributed by atoms with Crippen molar-refractivity contribution < 1.29 is 4.79 Å². The molecular weight excluding hydrogens is 386 g/mol. The molecule has 1 aromatic carbocycles. The molecule has 1 aliphatic carbocycles. The van der Waals surface area contributed by atoms with Gasteiger partial charge < -0.3 is 14.9 Å². The zero-order valence-electron chi connectivity index (χ0n) is 15.9. The van der Waals surface area contributed by atoms with Gasteiger partial charge in [0, 0.05) is 28.3 Å². The summed E-state index contributed by atoms with van der Waals surface area (Å²) in [6, 6.07) is 9.91. The summed E-state index contributed by atoms with van der Waals surface area (Å²) in [5.74, 6) is 1.98. The fourth-order valence-corrected chi connectivity index (χ4v) is 4.03. The summed E-state index contributed by atoms with van der Waals surface area (Å²) >= 11 is 1.63. The average Bonchev–Trinajstić information content (AvgIpc) is 3.32. The van der Waals surface area contributed by atoms with Crippen molar-refractivity contribution in [1.82, 2.24) is 24.1 Å². The maximum absolute atomic E-state index is 11.9. The Morgan fingerprint density at radius 1 is 1.28 bits per heavy atom. The number of carbonyl (C=O) groups excluding carboxylic acids is 1. The first-order chi connectivity index (χ1) is 14.1. The van der Waals surface area contributed by atoms with Crippen LogP contribution in [0.1, 0.15) is 24.2 Å². The topological polar surface area (TPSA) is 90.9 Å². The number of rotatable bonds is 6. The third-order valence-electron chi connectivity index (χ3n) is 4.81. The smallest absolute Gasteiger partial charge is 0.227 e. The van der Waals surface area contributed by atoms with Gasteiger partial charge in [-0.3, -0.25) is 14.5 Å². The van der Waals surface area contributed by atoms with Crippen LogP contribution in [0.25, 0.3) is 5.82 Å². The van der Waals surface area contributed by atoms with E-state index in [0.29, 0.717) is 0 Å². The molecule has 1 fully saturated rings. The van der Waals surface area contributed by atoms with E-state index in [1.54, 1.807) is 18.3 Å². The molecule has 3 N–H and O–H groups in total. The summed E-state index contributed by atoms with van der Waals surface area (Å²) in [5, 5.41) is 13.5. The van der Waals surface area contributed by atoms with Gasteiger partial charge in [0.15, 0.2) is 5.82 Å². The molecule has 2 aromatic heterocycles. The first-order valence-electron chi connectivity index (χ1n) is 9.52. The van der Waals surface area contributed by atoms with E-state index in [4.69, 9.17) is 0 Å². The van der Waals surface area contributed by atoms with Crippen molar-refractivity contribution in [3.8, 4) is 0 Å². The second-order valence-electron chi connectivity index (χ2n) is 7.28. The highest BCUT2D eigenvalue weighted by Gasteiger charge is 2.29. The van der Waals surface area contributed by atoms with Crippen molar-refractivity contribution in [2.45, 2.75) is 31.2 Å². The summed E-state index contributed by atoms with van der Waals surface area (Å²) in [5.41, 5.74) is 2.92. The highest BCUT2D eigenvalue weighted by Crippen LogP contribution is 2.32. The molecule has 148 valence electrons. The summed E-state index contributed by atoms with van der Waals surface area (Å²) in [4.78, 5) is 17.3. The van der Waals surface area contributed by atoms with E-state index in [0.717, 1.165) is 53.0 Å². The Morgan fingerprint density at radius 2 is 2.10 bits per heavy atom. The van der Waals surface area contributed by atoms with E-state index >= 15 is 0 Å². The number of carbonyl (C=O) groups is 1. The fourth-order valence-electron chi connectivity index (χ4n) is 3.15. The summed E-state index contributed by atoms with van der Waals surface area (Å²) < 4.78 is 4.17. The molecule has 3 heterocycles. The molecule has 2 aliphatic rings. The van der Waals surface area contributed by atoms with Gasteiger partial charge in [-0.15, -0.1) is 0 Å². The van der Waals surface area contributed by atoms with Crippen LogP contribution in [-0.2, 0) is 11.3 Å². The van der Waals surface area contributed by atoms with E-state index < -0.39 is 0 Å². The van der Waals surface area contributed by atoms with Gasteiger partial charge in [-0.25, -0.2) is 4.98 Å². The van der Waals surface area contributed by atoms with Crippen molar-refractivity contribution in [1.29, 1.82) is 0 Å². The fraction of sp³-hybridized carbons (Fsp3) is 0.250. The van der Waals surface area contributed by atoms with Gasteiger partial charge >= 0.3 is 0 Å². The highest BCUT2D eigenvalue weighted by molar-refractivity contribution is 7.97. The Balaban J connectivity index is 1.30.